The first-order valence-corrected chi connectivity index (χ1v) is 10.9. The smallest absolute Gasteiger partial charge is 0.235 e. The Morgan fingerprint density at radius 1 is 1.00 bits per heavy atom. The quantitative estimate of drug-likeness (QED) is 0.651. The summed E-state index contributed by atoms with van der Waals surface area (Å²) in [6.45, 7) is 2.01. The minimum Gasteiger partial charge on any atom is -0.344 e. The number of benzene rings is 2. The molecule has 2 rings (SSSR count). The number of hydrogen-bond acceptors (Lipinski definition) is 3. The average Bonchev–Trinajstić information content (AvgIpc) is 2.61. The van der Waals surface area contributed by atoms with Gasteiger partial charge in [0.15, 0.2) is 9.84 Å². The van der Waals surface area contributed by atoms with Crippen LogP contribution in [0.4, 0.5) is 0 Å². The van der Waals surface area contributed by atoms with E-state index in [2.05, 4.69) is 5.32 Å². The van der Waals surface area contributed by atoms with Crippen LogP contribution in [0, 0.1) is 0 Å². The topological polar surface area (TPSA) is 63.2 Å². The standard InChI is InChI=1S/C20H24ClNO3S/c1-2-3-7-14-26(24,25)15-19(23)22-20(16-8-5-4-6-9-16)17-10-12-18(21)13-11-17/h4-6,8-13,20H,2-3,7,14-15H2,1H3,(H,22,23). The van der Waals surface area contributed by atoms with E-state index >= 15 is 0 Å². The normalized spacial score (nSPS) is 12.5. The zero-order chi connectivity index (χ0) is 19.0. The molecule has 6 heteroatoms. The summed E-state index contributed by atoms with van der Waals surface area (Å²) in [6.07, 6.45) is 2.37. The molecule has 1 N–H and O–H groups in total. The number of halogens is 1. The lowest BCUT2D eigenvalue weighted by Crippen LogP contribution is -2.34. The summed E-state index contributed by atoms with van der Waals surface area (Å²) >= 11 is 5.95. The van der Waals surface area contributed by atoms with Gasteiger partial charge in [-0.05, 0) is 29.7 Å². The average molecular weight is 394 g/mol. The highest BCUT2D eigenvalue weighted by molar-refractivity contribution is 7.92. The molecule has 0 aromatic heterocycles. The van der Waals surface area contributed by atoms with Crippen LogP contribution in [0.1, 0.15) is 43.4 Å². The van der Waals surface area contributed by atoms with Crippen LogP contribution in [0.5, 0.6) is 0 Å². The number of sulfone groups is 1. The number of hydrogen-bond donors (Lipinski definition) is 1. The molecule has 140 valence electrons. The van der Waals surface area contributed by atoms with Crippen LogP contribution in [-0.4, -0.2) is 25.8 Å². The van der Waals surface area contributed by atoms with Crippen LogP contribution in [0.15, 0.2) is 54.6 Å². The first kappa shape index (κ1) is 20.5. The monoisotopic (exact) mass is 393 g/mol. The molecular formula is C20H24ClNO3S. The molecule has 0 aliphatic heterocycles. The van der Waals surface area contributed by atoms with E-state index in [4.69, 9.17) is 11.6 Å². The largest absolute Gasteiger partial charge is 0.344 e. The van der Waals surface area contributed by atoms with Gasteiger partial charge in [0.05, 0.1) is 11.8 Å². The number of carbonyl (C=O) groups excluding carboxylic acids is 1. The fourth-order valence-corrected chi connectivity index (χ4v) is 4.10. The molecule has 0 aliphatic rings. The summed E-state index contributed by atoms with van der Waals surface area (Å²) < 4.78 is 24.3. The van der Waals surface area contributed by atoms with E-state index in [9.17, 15) is 13.2 Å². The highest BCUT2D eigenvalue weighted by Gasteiger charge is 2.21. The summed E-state index contributed by atoms with van der Waals surface area (Å²) in [6, 6.07) is 16.2. The van der Waals surface area contributed by atoms with Gasteiger partial charge < -0.3 is 5.32 Å². The highest BCUT2D eigenvalue weighted by Crippen LogP contribution is 2.23. The Labute approximate surface area is 160 Å². The van der Waals surface area contributed by atoms with E-state index in [0.29, 0.717) is 11.4 Å². The maximum atomic E-state index is 12.4. The molecule has 0 aliphatic carbocycles. The van der Waals surface area contributed by atoms with Gasteiger partial charge in [-0.15, -0.1) is 0 Å². The SMILES string of the molecule is CCCCCS(=O)(=O)CC(=O)NC(c1ccccc1)c1ccc(Cl)cc1. The molecule has 2 aromatic carbocycles. The number of carbonyl (C=O) groups is 1. The molecule has 1 atom stereocenters. The Kier molecular flexibility index (Phi) is 7.66. The summed E-state index contributed by atoms with van der Waals surface area (Å²) in [5, 5.41) is 3.46. The Balaban J connectivity index is 2.14. The van der Waals surface area contributed by atoms with E-state index in [1.165, 1.54) is 0 Å². The molecule has 0 radical (unpaired) electrons. The van der Waals surface area contributed by atoms with Crippen molar-refractivity contribution in [1.29, 1.82) is 0 Å². The van der Waals surface area contributed by atoms with Crippen molar-refractivity contribution in [1.82, 2.24) is 5.32 Å². The molecule has 4 nitrogen and oxygen atoms in total. The number of rotatable bonds is 9. The molecule has 0 saturated heterocycles. The second-order valence-electron chi connectivity index (χ2n) is 6.26. The molecule has 0 heterocycles. The van der Waals surface area contributed by atoms with Gasteiger partial charge in [-0.1, -0.05) is 73.8 Å². The fraction of sp³-hybridized carbons (Fsp3) is 0.350. The Bertz CT molecular complexity index is 805. The lowest BCUT2D eigenvalue weighted by Gasteiger charge is -2.20. The van der Waals surface area contributed by atoms with E-state index in [-0.39, 0.29) is 5.75 Å². The van der Waals surface area contributed by atoms with E-state index in [0.717, 1.165) is 24.0 Å². The molecule has 0 fully saturated rings. The Morgan fingerprint density at radius 3 is 2.23 bits per heavy atom. The minimum atomic E-state index is -3.40. The summed E-state index contributed by atoms with van der Waals surface area (Å²) in [5.41, 5.74) is 1.73. The van der Waals surface area contributed by atoms with E-state index in [1.807, 2.05) is 49.4 Å². The minimum absolute atomic E-state index is 0.0468. The van der Waals surface area contributed by atoms with Crippen molar-refractivity contribution in [3.63, 3.8) is 0 Å². The first-order valence-electron chi connectivity index (χ1n) is 8.71. The van der Waals surface area contributed by atoms with Crippen molar-refractivity contribution in [2.24, 2.45) is 0 Å². The molecule has 0 saturated carbocycles. The predicted molar refractivity (Wildman–Crippen MR) is 106 cm³/mol. The van der Waals surface area contributed by atoms with Crippen LogP contribution in [0.25, 0.3) is 0 Å². The molecule has 0 spiro atoms. The molecule has 26 heavy (non-hydrogen) atoms. The molecule has 2 aromatic rings. The number of nitrogens with one attached hydrogen (secondary N) is 1. The maximum Gasteiger partial charge on any atom is 0.235 e. The molecule has 0 bridgehead atoms. The van der Waals surface area contributed by atoms with Crippen molar-refractivity contribution in [2.45, 2.75) is 32.2 Å². The van der Waals surface area contributed by atoms with Crippen molar-refractivity contribution in [2.75, 3.05) is 11.5 Å². The van der Waals surface area contributed by atoms with Gasteiger partial charge in [0.25, 0.3) is 0 Å². The Morgan fingerprint density at radius 2 is 1.62 bits per heavy atom. The van der Waals surface area contributed by atoms with Crippen LogP contribution < -0.4 is 5.32 Å². The van der Waals surface area contributed by atoms with E-state index in [1.54, 1.807) is 12.1 Å². The van der Waals surface area contributed by atoms with Crippen LogP contribution in [0.2, 0.25) is 5.02 Å². The van der Waals surface area contributed by atoms with Gasteiger partial charge in [0, 0.05) is 5.02 Å². The van der Waals surface area contributed by atoms with Crippen LogP contribution in [0.3, 0.4) is 0 Å². The lowest BCUT2D eigenvalue weighted by atomic mass is 9.99. The van der Waals surface area contributed by atoms with Gasteiger partial charge in [-0.3, -0.25) is 4.79 Å². The number of unbranched alkanes of at least 4 members (excludes halogenated alkanes) is 2. The van der Waals surface area contributed by atoms with E-state index < -0.39 is 27.5 Å². The van der Waals surface area contributed by atoms with Crippen LogP contribution in [-0.2, 0) is 14.6 Å². The Hall–Kier alpha value is -1.85. The lowest BCUT2D eigenvalue weighted by molar-refractivity contribution is -0.119. The van der Waals surface area contributed by atoms with Gasteiger partial charge in [-0.2, -0.15) is 0 Å². The second kappa shape index (κ2) is 9.74. The zero-order valence-corrected chi connectivity index (χ0v) is 16.4. The third-order valence-electron chi connectivity index (χ3n) is 4.05. The molecule has 1 unspecified atom stereocenters. The summed E-state index contributed by atoms with van der Waals surface area (Å²) in [4.78, 5) is 12.4. The predicted octanol–water partition coefficient (Wildman–Crippen LogP) is 4.15. The van der Waals surface area contributed by atoms with Gasteiger partial charge in [-0.25, -0.2) is 8.42 Å². The fourth-order valence-electron chi connectivity index (χ4n) is 2.71. The second-order valence-corrected chi connectivity index (χ2v) is 8.88. The van der Waals surface area contributed by atoms with Crippen LogP contribution >= 0.6 is 11.6 Å². The highest BCUT2D eigenvalue weighted by atomic mass is 35.5. The first-order chi connectivity index (χ1) is 12.4. The van der Waals surface area contributed by atoms with Crippen molar-refractivity contribution >= 4 is 27.3 Å². The van der Waals surface area contributed by atoms with Crippen molar-refractivity contribution < 1.29 is 13.2 Å². The van der Waals surface area contributed by atoms with Gasteiger partial charge in [0.2, 0.25) is 5.91 Å². The zero-order valence-electron chi connectivity index (χ0n) is 14.8. The molecule has 1 amide bonds. The maximum absolute atomic E-state index is 12.4. The third kappa shape index (κ3) is 6.46. The summed E-state index contributed by atoms with van der Waals surface area (Å²) in [5.74, 6) is -0.941. The number of amides is 1. The molecular weight excluding hydrogens is 370 g/mol. The van der Waals surface area contributed by atoms with Gasteiger partial charge in [0.1, 0.15) is 5.75 Å². The van der Waals surface area contributed by atoms with Gasteiger partial charge >= 0.3 is 0 Å². The third-order valence-corrected chi connectivity index (χ3v) is 5.92. The van der Waals surface area contributed by atoms with Crippen molar-refractivity contribution in [3.8, 4) is 0 Å². The van der Waals surface area contributed by atoms with Crippen molar-refractivity contribution in [3.05, 3.63) is 70.7 Å². The summed E-state index contributed by atoms with van der Waals surface area (Å²) in [7, 11) is -3.40.